The predicted molar refractivity (Wildman–Crippen MR) is 178 cm³/mol. The van der Waals surface area contributed by atoms with Crippen molar-refractivity contribution in [3.8, 4) is 5.75 Å². The van der Waals surface area contributed by atoms with Crippen LogP contribution >= 0.6 is 23.7 Å². The number of nitrogens with two attached hydrogens (primary N) is 2. The minimum Gasteiger partial charge on any atom is -0.485 e. The number of β-lactam (4-membered cyclic amide) rings is 1. The number of aryl methyl sites for hydroxylation is 1. The number of aromatic nitrogens is 1. The van der Waals surface area contributed by atoms with Gasteiger partial charge in [0, 0.05) is 24.4 Å². The molecule has 0 bridgehead atoms. The lowest BCUT2D eigenvalue weighted by atomic mass is 9.84. The quantitative estimate of drug-likeness (QED) is 0.0502. The molecule has 0 saturated carbocycles. The zero-order valence-corrected chi connectivity index (χ0v) is 28.2. The van der Waals surface area contributed by atoms with Crippen LogP contribution in [0.15, 0.2) is 33.7 Å². The number of aliphatic imine (C=N–C) groups is 1. The molecule has 2 amide bonds. The van der Waals surface area contributed by atoms with Gasteiger partial charge in [-0.2, -0.15) is 9.35 Å². The Labute approximate surface area is 284 Å². The number of nitrogens with one attached hydrogen (secondary N) is 3. The van der Waals surface area contributed by atoms with Crippen molar-refractivity contribution in [3.63, 3.8) is 0 Å². The first-order chi connectivity index (χ1) is 22.9. The molecule has 3 aliphatic rings. The number of hydrogen-bond donors (Lipinski definition) is 7. The molecule has 4 atom stereocenters. The minimum atomic E-state index is -2.02. The van der Waals surface area contributed by atoms with Crippen molar-refractivity contribution in [2.24, 2.45) is 15.9 Å². The highest BCUT2D eigenvalue weighted by Gasteiger charge is 2.57. The number of carbonyl (C=O) groups excluding carboxylic acids is 2. The number of carbonyl (C=O) groups is 3. The van der Waals surface area contributed by atoms with Crippen molar-refractivity contribution >= 4 is 58.2 Å². The first-order valence-electron chi connectivity index (χ1n) is 15.2. The Bertz CT molecular complexity index is 1600. The molecule has 48 heavy (non-hydrogen) atoms. The van der Waals surface area contributed by atoms with Gasteiger partial charge in [-0.3, -0.25) is 14.6 Å². The van der Waals surface area contributed by atoms with Crippen LogP contribution < -0.4 is 32.2 Å². The number of hydroxylamine groups is 2. The fourth-order valence-electron chi connectivity index (χ4n) is 5.58. The monoisotopic (exact) mass is 705 g/mol. The lowest BCUT2D eigenvalue weighted by Crippen LogP contribution is -2.76. The van der Waals surface area contributed by atoms with Crippen LogP contribution in [-0.2, 0) is 29.9 Å². The highest BCUT2D eigenvalue weighted by molar-refractivity contribution is 7.88. The van der Waals surface area contributed by atoms with Crippen LogP contribution in [-0.4, -0.2) is 98.6 Å². The third-order valence-electron chi connectivity index (χ3n) is 8.57. The van der Waals surface area contributed by atoms with Crippen LogP contribution in [0, 0.1) is 0 Å². The number of nitrogens with zero attached hydrogens (tertiary/aromatic N) is 4. The Morgan fingerprint density at radius 2 is 2.17 bits per heavy atom. The van der Waals surface area contributed by atoms with Crippen LogP contribution in [0.2, 0.25) is 0 Å². The molecule has 3 aliphatic heterocycles. The van der Waals surface area contributed by atoms with E-state index in [0.29, 0.717) is 38.2 Å². The number of amides is 2. The number of aliphatic carboxylic acids is 1. The van der Waals surface area contributed by atoms with Crippen molar-refractivity contribution < 1.29 is 37.9 Å². The molecule has 19 heteroatoms. The summed E-state index contributed by atoms with van der Waals surface area (Å²) in [5.74, 6) is -1.40. The second-order valence-corrected chi connectivity index (χ2v) is 13.4. The average Bonchev–Trinajstić information content (AvgIpc) is 3.51. The number of rotatable bonds is 13. The number of carboxylic acid groups (broad SMARTS) is 1. The number of nitrogen functional groups attached to an aromatic ring is 1. The summed E-state index contributed by atoms with van der Waals surface area (Å²) in [5, 5.41) is 25.9. The molecule has 0 spiro atoms. The Kier molecular flexibility index (Phi) is 10.6. The third kappa shape index (κ3) is 7.14. The Morgan fingerprint density at radius 1 is 1.38 bits per heavy atom. The van der Waals surface area contributed by atoms with E-state index >= 15 is 0 Å². The van der Waals surface area contributed by atoms with Gasteiger partial charge in [-0.15, -0.1) is 11.3 Å². The second kappa shape index (κ2) is 14.5. The number of anilines is 1. The van der Waals surface area contributed by atoms with Gasteiger partial charge in [0.2, 0.25) is 0 Å². The summed E-state index contributed by atoms with van der Waals surface area (Å²) in [4.78, 5) is 53.1. The summed E-state index contributed by atoms with van der Waals surface area (Å²) < 4.78 is 20.0. The number of benzene rings is 1. The van der Waals surface area contributed by atoms with E-state index in [2.05, 4.69) is 37.1 Å². The number of fused-ring (bicyclic) bond motifs is 1. The summed E-state index contributed by atoms with van der Waals surface area (Å²) in [6.45, 7) is 7.24. The fraction of sp³-hybridized carbons (Fsp3) is 0.517. The van der Waals surface area contributed by atoms with Crippen molar-refractivity contribution in [1.82, 2.24) is 26.0 Å². The SMILES string of the molecule is CC(O/N=C(\C(=O)NC1C(=O)N(OSO)C1(C)C)c1csc(N)n1)(C(=O)O)[C@H]1CCc2cc(C3CN=C(NCCCN)NC3)ccc2O1. The van der Waals surface area contributed by atoms with Crippen LogP contribution in [0.25, 0.3) is 0 Å². The first kappa shape index (κ1) is 35.1. The summed E-state index contributed by atoms with van der Waals surface area (Å²) in [6, 6.07) is 4.76. The van der Waals surface area contributed by atoms with E-state index in [1.54, 1.807) is 13.8 Å². The maximum absolute atomic E-state index is 13.5. The Morgan fingerprint density at radius 3 is 2.79 bits per heavy atom. The predicted octanol–water partition coefficient (Wildman–Crippen LogP) is 0.823. The average molecular weight is 706 g/mol. The highest BCUT2D eigenvalue weighted by atomic mass is 32.2. The topological polar surface area (TPSA) is 248 Å². The van der Waals surface area contributed by atoms with E-state index in [1.165, 1.54) is 12.3 Å². The molecule has 0 radical (unpaired) electrons. The van der Waals surface area contributed by atoms with Crippen LogP contribution in [0.1, 0.15) is 56.4 Å². The van der Waals surface area contributed by atoms with Gasteiger partial charge in [0.1, 0.15) is 17.5 Å². The number of carboxylic acids is 1. The van der Waals surface area contributed by atoms with E-state index in [9.17, 15) is 19.5 Å². The number of oxime groups is 1. The fourth-order valence-corrected chi connectivity index (χ4v) is 6.46. The molecule has 1 aromatic carbocycles. The molecular weight excluding hydrogens is 667 g/mol. The molecule has 2 aromatic rings. The molecule has 1 fully saturated rings. The van der Waals surface area contributed by atoms with Crippen molar-refractivity contribution in [1.29, 1.82) is 0 Å². The van der Waals surface area contributed by atoms with E-state index in [4.69, 9.17) is 29.9 Å². The molecule has 9 N–H and O–H groups in total. The summed E-state index contributed by atoms with van der Waals surface area (Å²) in [7, 11) is 0. The van der Waals surface area contributed by atoms with Crippen molar-refractivity contribution in [2.75, 3.05) is 31.9 Å². The first-order valence-corrected chi connectivity index (χ1v) is 16.8. The molecule has 1 saturated heterocycles. The van der Waals surface area contributed by atoms with E-state index in [1.807, 2.05) is 12.1 Å². The Hall–Kier alpha value is -4.17. The van der Waals surface area contributed by atoms with Gasteiger partial charge in [0.05, 0.1) is 12.1 Å². The third-order valence-corrected chi connectivity index (χ3v) is 9.46. The lowest BCUT2D eigenvalue weighted by Gasteiger charge is -2.50. The second-order valence-electron chi connectivity index (χ2n) is 12.2. The molecular formula is C29H39N9O8S2. The normalized spacial score (nSPS) is 23.0. The van der Waals surface area contributed by atoms with Gasteiger partial charge in [0.15, 0.2) is 35.2 Å². The largest absolute Gasteiger partial charge is 0.485 e. The van der Waals surface area contributed by atoms with Crippen LogP contribution in [0.5, 0.6) is 5.75 Å². The van der Waals surface area contributed by atoms with Crippen LogP contribution in [0.4, 0.5) is 5.13 Å². The van der Waals surface area contributed by atoms with E-state index in [-0.39, 0.29) is 29.1 Å². The molecule has 0 aliphatic carbocycles. The minimum absolute atomic E-state index is 0.00255. The van der Waals surface area contributed by atoms with Crippen molar-refractivity contribution in [2.45, 2.75) is 69.2 Å². The smallest absolute Gasteiger partial charge is 0.354 e. The van der Waals surface area contributed by atoms with E-state index in [0.717, 1.165) is 46.5 Å². The molecule has 17 nitrogen and oxygen atoms in total. The summed E-state index contributed by atoms with van der Waals surface area (Å²) in [6.07, 6.45) is 0.686. The Balaban J connectivity index is 1.30. The number of hydrogen-bond acceptors (Lipinski definition) is 16. The van der Waals surface area contributed by atoms with Gasteiger partial charge in [0.25, 0.3) is 17.4 Å². The number of thiazole rings is 1. The molecule has 260 valence electrons. The molecule has 1 aromatic heterocycles. The van der Waals surface area contributed by atoms with E-state index < -0.39 is 46.8 Å². The standard InChI is InChI=1S/C29H39N9O8S2/c1-28(2)22(24(40)38(28)46-48-43)36-23(39)21(18-14-47-26(31)35-18)37-45-29(3,25(41)42)20-8-6-16-11-15(5-7-19(16)44-20)17-12-33-27(34-13-17)32-10-4-9-30/h5,7,11,14,17,20,22,43H,4,6,8-10,12-13,30H2,1-3H3,(H2,31,35)(H,36,39)(H,41,42)(H2,32,33,34)/b37-21-/t20-,22?,29?/m1/s1. The zero-order chi connectivity index (χ0) is 34.6. The lowest BCUT2D eigenvalue weighted by molar-refractivity contribution is -0.214. The van der Waals surface area contributed by atoms with Crippen molar-refractivity contribution in [3.05, 3.63) is 40.4 Å². The van der Waals surface area contributed by atoms with Gasteiger partial charge < -0.3 is 46.7 Å². The maximum atomic E-state index is 13.5. The van der Waals surface area contributed by atoms with Gasteiger partial charge in [-0.1, -0.05) is 17.3 Å². The summed E-state index contributed by atoms with van der Waals surface area (Å²) >= 11 is 1.03. The zero-order valence-electron chi connectivity index (χ0n) is 26.6. The van der Waals surface area contributed by atoms with Crippen LogP contribution in [0.3, 0.4) is 0 Å². The maximum Gasteiger partial charge on any atom is 0.354 e. The molecule has 4 heterocycles. The summed E-state index contributed by atoms with van der Waals surface area (Å²) in [5.41, 5.74) is 9.95. The highest BCUT2D eigenvalue weighted by Crippen LogP contribution is 2.36. The van der Waals surface area contributed by atoms with Gasteiger partial charge in [-0.25, -0.2) is 9.78 Å². The van der Waals surface area contributed by atoms with Gasteiger partial charge >= 0.3 is 5.97 Å². The molecule has 3 unspecified atom stereocenters. The number of ether oxygens (including phenoxy) is 1. The van der Waals surface area contributed by atoms with Gasteiger partial charge in [-0.05, 0) is 63.8 Å². The number of guanidine groups is 1. The molecule has 5 rings (SSSR count).